The summed E-state index contributed by atoms with van der Waals surface area (Å²) in [5.74, 6) is 0.907. The van der Waals surface area contributed by atoms with Crippen LogP contribution in [0.2, 0.25) is 0 Å². The van der Waals surface area contributed by atoms with Crippen molar-refractivity contribution in [2.45, 2.75) is 20.0 Å². The van der Waals surface area contributed by atoms with E-state index in [-0.39, 0.29) is 6.03 Å². The molecular weight excluding hydrogens is 318 g/mol. The summed E-state index contributed by atoms with van der Waals surface area (Å²) >= 11 is 0. The van der Waals surface area contributed by atoms with Gasteiger partial charge in [0.2, 0.25) is 0 Å². The van der Waals surface area contributed by atoms with Crippen molar-refractivity contribution >= 4 is 6.03 Å². The Bertz CT molecular complexity index is 649. The maximum atomic E-state index is 12.2. The van der Waals surface area contributed by atoms with Crippen LogP contribution >= 0.6 is 0 Å². The van der Waals surface area contributed by atoms with Crippen molar-refractivity contribution in [3.05, 3.63) is 47.8 Å². The molecule has 0 atom stereocenters. The lowest BCUT2D eigenvalue weighted by atomic mass is 10.2. The number of hydrogen-bond acceptors (Lipinski definition) is 4. The number of ether oxygens (including phenoxy) is 1. The van der Waals surface area contributed by atoms with E-state index in [4.69, 9.17) is 4.74 Å². The highest BCUT2D eigenvalue weighted by Crippen LogP contribution is 2.14. The minimum atomic E-state index is -0.0182. The van der Waals surface area contributed by atoms with Crippen molar-refractivity contribution in [1.82, 2.24) is 25.3 Å². The molecule has 0 unspecified atom stereocenters. The summed E-state index contributed by atoms with van der Waals surface area (Å²) in [5, 5.41) is 9.64. The van der Waals surface area contributed by atoms with E-state index in [1.54, 1.807) is 6.20 Å². The van der Waals surface area contributed by atoms with Crippen molar-refractivity contribution in [3.63, 3.8) is 0 Å². The molecule has 0 saturated carbocycles. The molecule has 2 heterocycles. The van der Waals surface area contributed by atoms with Crippen LogP contribution < -0.4 is 10.1 Å². The lowest BCUT2D eigenvalue weighted by molar-refractivity contribution is 0.135. The Kier molecular flexibility index (Phi) is 5.90. The molecule has 0 radical (unpaired) electrons. The van der Waals surface area contributed by atoms with Gasteiger partial charge in [-0.3, -0.25) is 10.00 Å². The molecule has 134 valence electrons. The number of nitrogens with one attached hydrogen (secondary N) is 2. The predicted molar refractivity (Wildman–Crippen MR) is 95.3 cm³/mol. The van der Waals surface area contributed by atoms with Gasteiger partial charge in [-0.15, -0.1) is 0 Å². The number of carbonyl (C=O) groups is 1. The Labute approximate surface area is 148 Å². The zero-order valence-electron chi connectivity index (χ0n) is 14.6. The molecule has 1 fully saturated rings. The first-order valence-electron chi connectivity index (χ1n) is 8.69. The Morgan fingerprint density at radius 3 is 2.60 bits per heavy atom. The van der Waals surface area contributed by atoms with Crippen LogP contribution in [0, 0.1) is 0 Å². The van der Waals surface area contributed by atoms with E-state index < -0.39 is 0 Å². The molecular formula is C18H25N5O2. The van der Waals surface area contributed by atoms with Crippen LogP contribution in [0.3, 0.4) is 0 Å². The van der Waals surface area contributed by atoms with Gasteiger partial charge in [-0.2, -0.15) is 5.10 Å². The van der Waals surface area contributed by atoms with E-state index in [0.717, 1.165) is 44.2 Å². The van der Waals surface area contributed by atoms with Crippen LogP contribution in [0.1, 0.15) is 18.2 Å². The van der Waals surface area contributed by atoms with Crippen molar-refractivity contribution in [1.29, 1.82) is 0 Å². The summed E-state index contributed by atoms with van der Waals surface area (Å²) in [5.41, 5.74) is 2.17. The normalized spacial score (nSPS) is 15.2. The van der Waals surface area contributed by atoms with Crippen LogP contribution in [0.15, 0.2) is 36.5 Å². The SMILES string of the molecule is CCOc1ccc(CN2CCN(C(=O)NCc3ccn[nH]3)CC2)cc1. The summed E-state index contributed by atoms with van der Waals surface area (Å²) in [6.07, 6.45) is 1.68. The maximum Gasteiger partial charge on any atom is 0.317 e. The number of aromatic nitrogens is 2. The fourth-order valence-corrected chi connectivity index (χ4v) is 2.89. The molecule has 7 heteroatoms. The van der Waals surface area contributed by atoms with E-state index in [1.165, 1.54) is 5.56 Å². The second kappa shape index (κ2) is 8.53. The van der Waals surface area contributed by atoms with E-state index in [0.29, 0.717) is 13.2 Å². The van der Waals surface area contributed by atoms with Crippen LogP contribution in [-0.2, 0) is 13.1 Å². The van der Waals surface area contributed by atoms with Crippen LogP contribution in [0.25, 0.3) is 0 Å². The van der Waals surface area contributed by atoms with Crippen LogP contribution in [0.4, 0.5) is 4.79 Å². The van der Waals surface area contributed by atoms with Gasteiger partial charge in [-0.05, 0) is 30.7 Å². The summed E-state index contributed by atoms with van der Waals surface area (Å²) in [4.78, 5) is 16.4. The van der Waals surface area contributed by atoms with Gasteiger partial charge in [-0.1, -0.05) is 12.1 Å². The summed E-state index contributed by atoms with van der Waals surface area (Å²) in [6, 6.07) is 10.1. The number of amides is 2. The standard InChI is InChI=1S/C18H25N5O2/c1-2-25-17-5-3-15(4-6-17)14-22-9-11-23(12-10-22)18(24)19-13-16-7-8-20-21-16/h3-8H,2,9-14H2,1H3,(H,19,24)(H,20,21). The number of benzene rings is 1. The molecule has 1 aliphatic heterocycles. The van der Waals surface area contributed by atoms with Crippen molar-refractivity contribution in [2.75, 3.05) is 32.8 Å². The minimum Gasteiger partial charge on any atom is -0.494 e. The lowest BCUT2D eigenvalue weighted by Gasteiger charge is -2.34. The van der Waals surface area contributed by atoms with Gasteiger partial charge in [0.15, 0.2) is 0 Å². The number of hydrogen-bond donors (Lipinski definition) is 2. The molecule has 25 heavy (non-hydrogen) atoms. The van der Waals surface area contributed by atoms with Crippen LogP contribution in [0.5, 0.6) is 5.75 Å². The third-order valence-corrected chi connectivity index (χ3v) is 4.29. The van der Waals surface area contributed by atoms with Gasteiger partial charge in [0.1, 0.15) is 5.75 Å². The largest absolute Gasteiger partial charge is 0.494 e. The summed E-state index contributed by atoms with van der Waals surface area (Å²) in [7, 11) is 0. The molecule has 0 spiro atoms. The number of piperazine rings is 1. The van der Waals surface area contributed by atoms with Crippen molar-refractivity contribution in [3.8, 4) is 5.75 Å². The topological polar surface area (TPSA) is 73.5 Å². The first-order chi connectivity index (χ1) is 12.2. The van der Waals surface area contributed by atoms with Gasteiger partial charge >= 0.3 is 6.03 Å². The zero-order valence-corrected chi connectivity index (χ0v) is 14.6. The minimum absolute atomic E-state index is 0.0182. The Balaban J connectivity index is 1.41. The molecule has 3 rings (SSSR count). The second-order valence-electron chi connectivity index (χ2n) is 6.08. The molecule has 0 aliphatic carbocycles. The predicted octanol–water partition coefficient (Wildman–Crippen LogP) is 1.84. The molecule has 7 nitrogen and oxygen atoms in total. The number of H-pyrrole nitrogens is 1. The average Bonchev–Trinajstić information content (AvgIpc) is 3.16. The van der Waals surface area contributed by atoms with E-state index in [1.807, 2.05) is 30.0 Å². The number of rotatable bonds is 6. The highest BCUT2D eigenvalue weighted by molar-refractivity contribution is 5.74. The number of nitrogens with zero attached hydrogens (tertiary/aromatic N) is 3. The molecule has 2 N–H and O–H groups in total. The van der Waals surface area contributed by atoms with Crippen LogP contribution in [-0.4, -0.2) is 58.8 Å². The van der Waals surface area contributed by atoms with Gasteiger partial charge in [-0.25, -0.2) is 4.79 Å². The van der Waals surface area contributed by atoms with Gasteiger partial charge in [0.05, 0.1) is 18.8 Å². The monoisotopic (exact) mass is 343 g/mol. The smallest absolute Gasteiger partial charge is 0.317 e. The second-order valence-corrected chi connectivity index (χ2v) is 6.08. The highest BCUT2D eigenvalue weighted by Gasteiger charge is 2.20. The quantitative estimate of drug-likeness (QED) is 0.839. The van der Waals surface area contributed by atoms with E-state index >= 15 is 0 Å². The zero-order chi connectivity index (χ0) is 17.5. The highest BCUT2D eigenvalue weighted by atomic mass is 16.5. The Hall–Kier alpha value is -2.54. The molecule has 1 aromatic carbocycles. The number of urea groups is 1. The Morgan fingerprint density at radius 2 is 1.96 bits per heavy atom. The number of aromatic amines is 1. The molecule has 2 aromatic rings. The molecule has 1 aliphatic rings. The van der Waals surface area contributed by atoms with Gasteiger partial charge in [0, 0.05) is 38.9 Å². The van der Waals surface area contributed by atoms with Gasteiger partial charge < -0.3 is 15.0 Å². The van der Waals surface area contributed by atoms with E-state index in [9.17, 15) is 4.79 Å². The number of carbonyl (C=O) groups excluding carboxylic acids is 1. The fourth-order valence-electron chi connectivity index (χ4n) is 2.89. The van der Waals surface area contributed by atoms with Gasteiger partial charge in [0.25, 0.3) is 0 Å². The third kappa shape index (κ3) is 4.96. The summed E-state index contributed by atoms with van der Waals surface area (Å²) < 4.78 is 5.47. The molecule has 1 aromatic heterocycles. The third-order valence-electron chi connectivity index (χ3n) is 4.29. The van der Waals surface area contributed by atoms with Crippen molar-refractivity contribution in [2.24, 2.45) is 0 Å². The molecule has 1 saturated heterocycles. The molecule has 0 bridgehead atoms. The Morgan fingerprint density at radius 1 is 1.20 bits per heavy atom. The fraction of sp³-hybridized carbons (Fsp3) is 0.444. The first-order valence-corrected chi connectivity index (χ1v) is 8.69. The summed E-state index contributed by atoms with van der Waals surface area (Å²) in [6.45, 7) is 7.29. The first kappa shape index (κ1) is 17.3. The maximum absolute atomic E-state index is 12.2. The van der Waals surface area contributed by atoms with Crippen molar-refractivity contribution < 1.29 is 9.53 Å². The van der Waals surface area contributed by atoms with E-state index in [2.05, 4.69) is 32.5 Å². The average molecular weight is 343 g/mol. The lowest BCUT2D eigenvalue weighted by Crippen LogP contribution is -2.51. The molecule has 2 amide bonds.